The van der Waals surface area contributed by atoms with Crippen LogP contribution in [0, 0.1) is 0 Å². The van der Waals surface area contributed by atoms with Gasteiger partial charge in [-0.25, -0.2) is 4.57 Å². The van der Waals surface area contributed by atoms with Crippen molar-refractivity contribution in [1.29, 1.82) is 0 Å². The third-order valence-electron chi connectivity index (χ3n) is 6.38. The molecule has 0 aromatic heterocycles. The van der Waals surface area contributed by atoms with Gasteiger partial charge < -0.3 is 19.3 Å². The van der Waals surface area contributed by atoms with E-state index in [1.807, 2.05) is 6.92 Å². The molecule has 0 unspecified atom stereocenters. The Labute approximate surface area is 231 Å². The van der Waals surface area contributed by atoms with E-state index in [4.69, 9.17) is 19.3 Å². The van der Waals surface area contributed by atoms with Crippen LogP contribution in [0.4, 0.5) is 0 Å². The van der Waals surface area contributed by atoms with Gasteiger partial charge >= 0.3 is 19.8 Å². The molecule has 1 atom stereocenters. The molecule has 9 heteroatoms. The molecule has 0 aliphatic rings. The summed E-state index contributed by atoms with van der Waals surface area (Å²) in [5.41, 5.74) is 0. The van der Waals surface area contributed by atoms with Gasteiger partial charge in [0, 0.05) is 12.8 Å². The minimum atomic E-state index is -4.73. The number of carbonyl (C=O) groups is 2. The van der Waals surface area contributed by atoms with Crippen molar-refractivity contribution in [3.8, 4) is 0 Å². The van der Waals surface area contributed by atoms with Gasteiger partial charge in [0.25, 0.3) is 0 Å². The number of hydrogen-bond donors (Lipinski definition) is 2. The molecule has 0 saturated heterocycles. The minimum absolute atomic E-state index is 0.209. The fourth-order valence-corrected chi connectivity index (χ4v) is 4.50. The standard InChI is InChI=1S/C29H55O8P/c1-3-5-7-9-11-13-15-17-19-21-23-28(30)35-25-27(26-36-38(32,33)34)37-29(31)24-22-20-18-16-14-12-10-8-6-4-2/h4,6,27H,3,5,7-26H2,1-2H3,(H2,32,33,34)/b6-4+/t27-/m1/s1. The maximum Gasteiger partial charge on any atom is 0.469 e. The maximum absolute atomic E-state index is 12.2. The second-order valence-electron chi connectivity index (χ2n) is 10.1. The van der Waals surface area contributed by atoms with Crippen LogP contribution in [-0.4, -0.2) is 41.0 Å². The second-order valence-corrected chi connectivity index (χ2v) is 11.3. The Morgan fingerprint density at radius 3 is 1.68 bits per heavy atom. The number of ether oxygens (including phenoxy) is 2. The lowest BCUT2D eigenvalue weighted by molar-refractivity contribution is -0.161. The van der Waals surface area contributed by atoms with Gasteiger partial charge in [-0.2, -0.15) is 0 Å². The Morgan fingerprint density at radius 2 is 1.18 bits per heavy atom. The molecule has 0 radical (unpaired) electrons. The highest BCUT2D eigenvalue weighted by Gasteiger charge is 2.22. The normalized spacial score (nSPS) is 12.6. The van der Waals surface area contributed by atoms with Crippen molar-refractivity contribution in [2.75, 3.05) is 13.2 Å². The molecule has 2 N–H and O–H groups in total. The molecule has 8 nitrogen and oxygen atoms in total. The van der Waals surface area contributed by atoms with Crippen LogP contribution in [0.5, 0.6) is 0 Å². The van der Waals surface area contributed by atoms with E-state index in [0.29, 0.717) is 6.42 Å². The molecule has 0 aliphatic carbocycles. The van der Waals surface area contributed by atoms with Crippen LogP contribution in [0.2, 0.25) is 0 Å². The Bertz CT molecular complexity index is 646. The fraction of sp³-hybridized carbons (Fsp3) is 0.862. The average Bonchev–Trinajstić information content (AvgIpc) is 2.87. The zero-order valence-corrected chi connectivity index (χ0v) is 25.0. The van der Waals surface area contributed by atoms with Crippen molar-refractivity contribution in [2.45, 2.75) is 148 Å². The fourth-order valence-electron chi connectivity index (χ4n) is 4.14. The summed E-state index contributed by atoms with van der Waals surface area (Å²) in [6.07, 6.45) is 23.9. The number of hydrogen-bond acceptors (Lipinski definition) is 6. The summed E-state index contributed by atoms with van der Waals surface area (Å²) in [6, 6.07) is 0. The molecule has 0 aromatic rings. The molecule has 0 rings (SSSR count). The summed E-state index contributed by atoms with van der Waals surface area (Å²) in [4.78, 5) is 42.2. The van der Waals surface area contributed by atoms with E-state index in [1.165, 1.54) is 64.2 Å². The van der Waals surface area contributed by atoms with Crippen LogP contribution in [0.25, 0.3) is 0 Å². The van der Waals surface area contributed by atoms with E-state index in [9.17, 15) is 14.2 Å². The third kappa shape index (κ3) is 27.8. The highest BCUT2D eigenvalue weighted by atomic mass is 31.2. The molecule has 0 heterocycles. The molecule has 0 aromatic carbocycles. The van der Waals surface area contributed by atoms with Gasteiger partial charge in [-0.15, -0.1) is 0 Å². The van der Waals surface area contributed by atoms with Crippen LogP contribution in [0.15, 0.2) is 12.2 Å². The Balaban J connectivity index is 4.06. The van der Waals surface area contributed by atoms with Crippen molar-refractivity contribution in [3.05, 3.63) is 12.2 Å². The lowest BCUT2D eigenvalue weighted by Gasteiger charge is -2.18. The summed E-state index contributed by atoms with van der Waals surface area (Å²) in [7, 11) is -4.73. The van der Waals surface area contributed by atoms with E-state index in [2.05, 4.69) is 23.6 Å². The van der Waals surface area contributed by atoms with Crippen molar-refractivity contribution < 1.29 is 37.9 Å². The largest absolute Gasteiger partial charge is 0.469 e. The first-order valence-electron chi connectivity index (χ1n) is 14.9. The van der Waals surface area contributed by atoms with Crippen LogP contribution >= 0.6 is 7.82 Å². The van der Waals surface area contributed by atoms with Crippen LogP contribution < -0.4 is 0 Å². The van der Waals surface area contributed by atoms with Gasteiger partial charge in [-0.1, -0.05) is 109 Å². The van der Waals surface area contributed by atoms with Crippen molar-refractivity contribution in [1.82, 2.24) is 0 Å². The molecule has 0 amide bonds. The average molecular weight is 563 g/mol. The highest BCUT2D eigenvalue weighted by Crippen LogP contribution is 2.35. The second kappa shape index (κ2) is 26.0. The summed E-state index contributed by atoms with van der Waals surface area (Å²) in [5, 5.41) is 0. The summed E-state index contributed by atoms with van der Waals surface area (Å²) >= 11 is 0. The zero-order chi connectivity index (χ0) is 28.3. The number of carbonyl (C=O) groups excluding carboxylic acids is 2. The molecule has 0 bridgehead atoms. The predicted molar refractivity (Wildman–Crippen MR) is 152 cm³/mol. The SMILES string of the molecule is C/C=C/CCCCCCCCCC(=O)O[C@H](COC(=O)CCCCCCCCCCCC)COP(=O)(O)O. The molecule has 0 spiro atoms. The van der Waals surface area contributed by atoms with E-state index < -0.39 is 32.5 Å². The number of rotatable bonds is 27. The number of allylic oxidation sites excluding steroid dienone is 2. The lowest BCUT2D eigenvalue weighted by Crippen LogP contribution is -2.29. The Hall–Kier alpha value is -1.21. The molecular weight excluding hydrogens is 507 g/mol. The number of esters is 2. The molecule has 38 heavy (non-hydrogen) atoms. The first-order chi connectivity index (χ1) is 18.3. The van der Waals surface area contributed by atoms with E-state index >= 15 is 0 Å². The van der Waals surface area contributed by atoms with Crippen molar-refractivity contribution in [3.63, 3.8) is 0 Å². The Morgan fingerprint density at radius 1 is 0.711 bits per heavy atom. The number of unbranched alkanes of at least 4 members (excludes halogenated alkanes) is 16. The van der Waals surface area contributed by atoms with Gasteiger partial charge in [0.05, 0.1) is 6.61 Å². The zero-order valence-electron chi connectivity index (χ0n) is 24.1. The van der Waals surface area contributed by atoms with Gasteiger partial charge in [-0.3, -0.25) is 14.1 Å². The summed E-state index contributed by atoms with van der Waals surface area (Å²) in [5.74, 6) is -0.895. The van der Waals surface area contributed by atoms with Crippen LogP contribution in [0.3, 0.4) is 0 Å². The lowest BCUT2D eigenvalue weighted by atomic mass is 10.1. The van der Waals surface area contributed by atoms with E-state index in [-0.39, 0.29) is 19.4 Å². The van der Waals surface area contributed by atoms with E-state index in [0.717, 1.165) is 44.9 Å². The highest BCUT2D eigenvalue weighted by molar-refractivity contribution is 7.46. The first-order valence-corrected chi connectivity index (χ1v) is 16.5. The summed E-state index contributed by atoms with van der Waals surface area (Å²) in [6.45, 7) is 3.43. The van der Waals surface area contributed by atoms with Gasteiger partial charge in [0.15, 0.2) is 6.10 Å². The van der Waals surface area contributed by atoms with Crippen LogP contribution in [-0.2, 0) is 28.2 Å². The molecule has 0 aliphatic heterocycles. The predicted octanol–water partition coefficient (Wildman–Crippen LogP) is 7.95. The number of phosphoric ester groups is 1. The molecular formula is C29H55O8P. The quantitative estimate of drug-likeness (QED) is 0.0448. The van der Waals surface area contributed by atoms with Crippen LogP contribution in [0.1, 0.15) is 142 Å². The number of phosphoric acid groups is 1. The van der Waals surface area contributed by atoms with Crippen molar-refractivity contribution in [2.24, 2.45) is 0 Å². The van der Waals surface area contributed by atoms with Crippen molar-refractivity contribution >= 4 is 19.8 Å². The first kappa shape index (κ1) is 36.8. The van der Waals surface area contributed by atoms with Gasteiger partial charge in [0.2, 0.25) is 0 Å². The third-order valence-corrected chi connectivity index (χ3v) is 6.86. The van der Waals surface area contributed by atoms with Gasteiger partial charge in [0.1, 0.15) is 6.61 Å². The van der Waals surface area contributed by atoms with Gasteiger partial charge in [-0.05, 0) is 32.6 Å². The summed E-state index contributed by atoms with van der Waals surface area (Å²) < 4.78 is 26.1. The molecule has 0 saturated carbocycles. The minimum Gasteiger partial charge on any atom is -0.462 e. The smallest absolute Gasteiger partial charge is 0.462 e. The monoisotopic (exact) mass is 562 g/mol. The van der Waals surface area contributed by atoms with E-state index in [1.54, 1.807) is 0 Å². The molecule has 0 fully saturated rings. The maximum atomic E-state index is 12.2. The Kier molecular flexibility index (Phi) is 25.2. The topological polar surface area (TPSA) is 119 Å². The molecule has 224 valence electrons.